The van der Waals surface area contributed by atoms with E-state index in [1.165, 1.54) is 0 Å². The van der Waals surface area contributed by atoms with Gasteiger partial charge in [-0.25, -0.2) is 4.98 Å². The number of amides is 1. The molecule has 0 aromatic carbocycles. The summed E-state index contributed by atoms with van der Waals surface area (Å²) in [6.45, 7) is 8.20. The summed E-state index contributed by atoms with van der Waals surface area (Å²) in [6, 6.07) is 0. The van der Waals surface area contributed by atoms with E-state index < -0.39 is 0 Å². The second kappa shape index (κ2) is 5.74. The van der Waals surface area contributed by atoms with Crippen LogP contribution in [0.5, 0.6) is 0 Å². The Balaban J connectivity index is 1.90. The zero-order valence-corrected chi connectivity index (χ0v) is 12.0. The van der Waals surface area contributed by atoms with Gasteiger partial charge in [-0.1, -0.05) is 13.8 Å². The molecular weight excluding hydrogens is 242 g/mol. The van der Waals surface area contributed by atoms with E-state index in [-0.39, 0.29) is 11.3 Å². The number of aromatic nitrogens is 1. The van der Waals surface area contributed by atoms with Gasteiger partial charge < -0.3 is 15.1 Å². The van der Waals surface area contributed by atoms with Crippen LogP contribution in [0.2, 0.25) is 0 Å². The lowest BCUT2D eigenvalue weighted by molar-refractivity contribution is -0.132. The van der Waals surface area contributed by atoms with Gasteiger partial charge in [0.15, 0.2) is 0 Å². The third kappa shape index (κ3) is 3.35. The number of aryl methyl sites for hydroxylation is 1. The molecule has 0 bridgehead atoms. The minimum atomic E-state index is -0.366. The Morgan fingerprint density at radius 1 is 1.63 bits per heavy atom. The molecule has 1 aliphatic rings. The fourth-order valence-corrected chi connectivity index (χ4v) is 2.52. The molecule has 1 amide bonds. The molecular formula is C14H23N3O2. The Kier molecular flexibility index (Phi) is 4.24. The van der Waals surface area contributed by atoms with Crippen LogP contribution in [0.3, 0.4) is 0 Å². The van der Waals surface area contributed by atoms with Gasteiger partial charge in [0.1, 0.15) is 5.76 Å². The third-order valence-corrected chi connectivity index (χ3v) is 3.97. The highest BCUT2D eigenvalue weighted by Crippen LogP contribution is 2.31. The van der Waals surface area contributed by atoms with Gasteiger partial charge >= 0.3 is 0 Å². The van der Waals surface area contributed by atoms with E-state index in [9.17, 15) is 4.79 Å². The highest BCUT2D eigenvalue weighted by atomic mass is 16.4. The van der Waals surface area contributed by atoms with Crippen LogP contribution in [-0.4, -0.2) is 24.0 Å². The average Bonchev–Trinajstić information content (AvgIpc) is 2.82. The number of hydrogen-bond donors (Lipinski definition) is 2. The van der Waals surface area contributed by atoms with Crippen molar-refractivity contribution >= 4 is 5.91 Å². The van der Waals surface area contributed by atoms with Gasteiger partial charge in [-0.05, 0) is 38.8 Å². The van der Waals surface area contributed by atoms with Gasteiger partial charge in [-0.15, -0.1) is 0 Å². The van der Waals surface area contributed by atoms with E-state index in [2.05, 4.69) is 15.6 Å². The molecule has 0 aliphatic carbocycles. The minimum absolute atomic E-state index is 0.0667. The lowest BCUT2D eigenvalue weighted by atomic mass is 9.74. The van der Waals surface area contributed by atoms with E-state index in [0.717, 1.165) is 31.7 Å². The summed E-state index contributed by atoms with van der Waals surface area (Å²) < 4.78 is 5.35. The molecule has 0 radical (unpaired) electrons. The SMILES string of the molecule is Cc1cnc(CNC(=O)C(C)(C)C2CCCNC2)o1. The molecule has 0 saturated carbocycles. The molecule has 2 N–H and O–H groups in total. The van der Waals surface area contributed by atoms with Gasteiger partial charge in [-0.3, -0.25) is 4.79 Å². The molecule has 106 valence electrons. The zero-order valence-electron chi connectivity index (χ0n) is 12.0. The van der Waals surface area contributed by atoms with Gasteiger partial charge in [0.05, 0.1) is 12.7 Å². The molecule has 1 atom stereocenters. The first-order valence-corrected chi connectivity index (χ1v) is 6.90. The van der Waals surface area contributed by atoms with Crippen molar-refractivity contribution in [3.63, 3.8) is 0 Å². The van der Waals surface area contributed by atoms with E-state index >= 15 is 0 Å². The first-order chi connectivity index (χ1) is 9.00. The highest BCUT2D eigenvalue weighted by molar-refractivity contribution is 5.82. The van der Waals surface area contributed by atoms with Crippen LogP contribution in [0, 0.1) is 18.3 Å². The smallest absolute Gasteiger partial charge is 0.226 e. The number of carbonyl (C=O) groups excluding carboxylic acids is 1. The normalized spacial score (nSPS) is 20.3. The fraction of sp³-hybridized carbons (Fsp3) is 0.714. The van der Waals surface area contributed by atoms with Crippen molar-refractivity contribution in [3.05, 3.63) is 17.8 Å². The van der Waals surface area contributed by atoms with Gasteiger partial charge in [0.25, 0.3) is 0 Å². The van der Waals surface area contributed by atoms with E-state index in [4.69, 9.17) is 4.42 Å². The zero-order chi connectivity index (χ0) is 13.9. The molecule has 1 saturated heterocycles. The van der Waals surface area contributed by atoms with Gasteiger partial charge in [0, 0.05) is 5.41 Å². The molecule has 1 aromatic rings. The maximum Gasteiger partial charge on any atom is 0.226 e. The topological polar surface area (TPSA) is 67.2 Å². The van der Waals surface area contributed by atoms with Crippen LogP contribution in [0.1, 0.15) is 38.3 Å². The van der Waals surface area contributed by atoms with Crippen LogP contribution < -0.4 is 10.6 Å². The lowest BCUT2D eigenvalue weighted by Gasteiger charge is -2.35. The van der Waals surface area contributed by atoms with Crippen molar-refractivity contribution in [2.75, 3.05) is 13.1 Å². The maximum atomic E-state index is 12.3. The average molecular weight is 265 g/mol. The summed E-state index contributed by atoms with van der Waals surface area (Å²) in [4.78, 5) is 16.4. The van der Waals surface area contributed by atoms with Crippen LogP contribution in [0.15, 0.2) is 10.6 Å². The predicted octanol–water partition coefficient (Wildman–Crippen LogP) is 1.63. The molecule has 2 heterocycles. The van der Waals surface area contributed by atoms with E-state index in [1.807, 2.05) is 20.8 Å². The van der Waals surface area contributed by atoms with Crippen molar-refractivity contribution in [2.24, 2.45) is 11.3 Å². The summed E-state index contributed by atoms with van der Waals surface area (Å²) in [5.74, 6) is 1.77. The second-order valence-corrected chi connectivity index (χ2v) is 5.81. The molecule has 1 aliphatic heterocycles. The number of nitrogens with one attached hydrogen (secondary N) is 2. The summed E-state index contributed by atoms with van der Waals surface area (Å²) in [5.41, 5.74) is -0.366. The molecule has 2 rings (SSSR count). The maximum absolute atomic E-state index is 12.3. The number of hydrogen-bond acceptors (Lipinski definition) is 4. The molecule has 5 nitrogen and oxygen atoms in total. The predicted molar refractivity (Wildman–Crippen MR) is 72.5 cm³/mol. The Hall–Kier alpha value is -1.36. The number of carbonyl (C=O) groups is 1. The third-order valence-electron chi connectivity index (χ3n) is 3.97. The Labute approximate surface area is 114 Å². The molecule has 0 spiro atoms. The molecule has 1 unspecified atom stereocenters. The lowest BCUT2D eigenvalue weighted by Crippen LogP contribution is -2.47. The highest BCUT2D eigenvalue weighted by Gasteiger charge is 2.37. The van der Waals surface area contributed by atoms with Crippen molar-refractivity contribution in [1.29, 1.82) is 0 Å². The van der Waals surface area contributed by atoms with Crippen LogP contribution >= 0.6 is 0 Å². The Morgan fingerprint density at radius 3 is 3.00 bits per heavy atom. The number of piperidine rings is 1. The first-order valence-electron chi connectivity index (χ1n) is 6.90. The fourth-order valence-electron chi connectivity index (χ4n) is 2.52. The van der Waals surface area contributed by atoms with E-state index in [1.54, 1.807) is 6.20 Å². The number of nitrogens with zero attached hydrogens (tertiary/aromatic N) is 1. The minimum Gasteiger partial charge on any atom is -0.444 e. The Morgan fingerprint density at radius 2 is 2.42 bits per heavy atom. The number of oxazole rings is 1. The number of rotatable bonds is 4. The van der Waals surface area contributed by atoms with Crippen molar-refractivity contribution in [1.82, 2.24) is 15.6 Å². The molecule has 5 heteroatoms. The monoisotopic (exact) mass is 265 g/mol. The quantitative estimate of drug-likeness (QED) is 0.868. The Bertz CT molecular complexity index is 434. The summed E-state index contributed by atoms with van der Waals surface area (Å²) in [5, 5.41) is 6.29. The van der Waals surface area contributed by atoms with Crippen molar-refractivity contribution in [2.45, 2.75) is 40.2 Å². The molecule has 1 aromatic heterocycles. The van der Waals surface area contributed by atoms with Crippen molar-refractivity contribution in [3.8, 4) is 0 Å². The second-order valence-electron chi connectivity index (χ2n) is 5.81. The van der Waals surface area contributed by atoms with Crippen LogP contribution in [0.4, 0.5) is 0 Å². The van der Waals surface area contributed by atoms with E-state index in [0.29, 0.717) is 18.4 Å². The van der Waals surface area contributed by atoms with Gasteiger partial charge in [0.2, 0.25) is 11.8 Å². The molecule has 19 heavy (non-hydrogen) atoms. The summed E-state index contributed by atoms with van der Waals surface area (Å²) in [7, 11) is 0. The van der Waals surface area contributed by atoms with Gasteiger partial charge in [-0.2, -0.15) is 0 Å². The van der Waals surface area contributed by atoms with Crippen LogP contribution in [-0.2, 0) is 11.3 Å². The van der Waals surface area contributed by atoms with Crippen LogP contribution in [0.25, 0.3) is 0 Å². The first kappa shape index (κ1) is 14.1. The largest absolute Gasteiger partial charge is 0.444 e. The standard InChI is InChI=1S/C14H23N3O2/c1-10-7-16-12(19-10)9-17-13(18)14(2,3)11-5-4-6-15-8-11/h7,11,15H,4-6,8-9H2,1-3H3,(H,17,18). The summed E-state index contributed by atoms with van der Waals surface area (Å²) >= 11 is 0. The molecule has 1 fully saturated rings. The summed E-state index contributed by atoms with van der Waals surface area (Å²) in [6.07, 6.45) is 3.91. The van der Waals surface area contributed by atoms with Crippen molar-refractivity contribution < 1.29 is 9.21 Å².